The fraction of sp³-hybridized carbons (Fsp3) is 0.556. The fourth-order valence-electron chi connectivity index (χ4n) is 3.92. The third kappa shape index (κ3) is 2.28. The van der Waals surface area contributed by atoms with E-state index in [9.17, 15) is 9.59 Å². The molecule has 0 unspecified atom stereocenters. The van der Waals surface area contributed by atoms with Crippen LogP contribution in [0.2, 0.25) is 0 Å². The molecule has 128 valence electrons. The van der Waals surface area contributed by atoms with E-state index in [1.165, 1.54) is 0 Å². The molecule has 2 fully saturated rings. The molecule has 24 heavy (non-hydrogen) atoms. The van der Waals surface area contributed by atoms with Gasteiger partial charge in [0.2, 0.25) is 5.91 Å². The molecule has 1 aromatic rings. The van der Waals surface area contributed by atoms with E-state index in [4.69, 9.17) is 13.9 Å². The fourth-order valence-corrected chi connectivity index (χ4v) is 3.92. The first-order valence-electron chi connectivity index (χ1n) is 8.35. The van der Waals surface area contributed by atoms with Crippen LogP contribution in [0.1, 0.15) is 19.6 Å². The average Bonchev–Trinajstić information content (AvgIpc) is 3.28. The molecule has 2 bridgehead atoms. The quantitative estimate of drug-likeness (QED) is 0.607. The zero-order valence-corrected chi connectivity index (χ0v) is 13.8. The Morgan fingerprint density at radius 2 is 2.33 bits per heavy atom. The third-order valence-corrected chi connectivity index (χ3v) is 4.94. The van der Waals surface area contributed by atoms with Crippen molar-refractivity contribution in [3.05, 3.63) is 36.3 Å². The molecule has 4 atom stereocenters. The van der Waals surface area contributed by atoms with Gasteiger partial charge in [-0.05, 0) is 18.1 Å². The molecule has 0 aliphatic carbocycles. The van der Waals surface area contributed by atoms with Crippen molar-refractivity contribution < 1.29 is 23.5 Å². The predicted octanol–water partition coefficient (Wildman–Crippen LogP) is 1.76. The van der Waals surface area contributed by atoms with Gasteiger partial charge in [0.15, 0.2) is 0 Å². The highest BCUT2D eigenvalue weighted by Gasteiger charge is 2.67. The van der Waals surface area contributed by atoms with Crippen LogP contribution in [0, 0.1) is 17.8 Å². The Bertz CT molecular complexity index is 680. The van der Waals surface area contributed by atoms with Gasteiger partial charge in [-0.1, -0.05) is 26.0 Å². The van der Waals surface area contributed by atoms with Crippen LogP contribution < -0.4 is 0 Å². The second-order valence-corrected chi connectivity index (χ2v) is 7.20. The Kier molecular flexibility index (Phi) is 3.53. The molecule has 4 heterocycles. The second-order valence-electron chi connectivity index (χ2n) is 7.20. The Labute approximate surface area is 140 Å². The minimum atomic E-state index is -0.699. The Hall–Kier alpha value is -2.08. The topological polar surface area (TPSA) is 69.0 Å². The summed E-state index contributed by atoms with van der Waals surface area (Å²) < 4.78 is 16.8. The van der Waals surface area contributed by atoms with Crippen LogP contribution >= 0.6 is 0 Å². The minimum absolute atomic E-state index is 0.0650. The molecule has 0 aromatic carbocycles. The normalized spacial score (nSPS) is 33.5. The SMILES string of the molecule is CC(C)COC(=O)[C@@H]1[C@H]2C(=O)N(Cc3ccco3)C[C@@]23C=C[C@H]1O3. The van der Waals surface area contributed by atoms with Gasteiger partial charge in [-0.2, -0.15) is 0 Å². The van der Waals surface area contributed by atoms with Gasteiger partial charge in [0.25, 0.3) is 0 Å². The van der Waals surface area contributed by atoms with Crippen LogP contribution in [0.3, 0.4) is 0 Å². The number of carbonyl (C=O) groups is 2. The molecule has 3 aliphatic rings. The summed E-state index contributed by atoms with van der Waals surface area (Å²) in [6, 6.07) is 3.63. The predicted molar refractivity (Wildman–Crippen MR) is 83.6 cm³/mol. The highest BCUT2D eigenvalue weighted by molar-refractivity contribution is 5.91. The number of hydrogen-bond donors (Lipinski definition) is 0. The second kappa shape index (κ2) is 5.48. The lowest BCUT2D eigenvalue weighted by atomic mass is 9.77. The van der Waals surface area contributed by atoms with Crippen molar-refractivity contribution in [3.8, 4) is 0 Å². The van der Waals surface area contributed by atoms with Crippen LogP contribution in [0.4, 0.5) is 0 Å². The molecule has 2 saturated heterocycles. The molecule has 0 saturated carbocycles. The van der Waals surface area contributed by atoms with Gasteiger partial charge in [-0.25, -0.2) is 0 Å². The summed E-state index contributed by atoms with van der Waals surface area (Å²) in [5.74, 6) is -0.474. The molecule has 1 aromatic heterocycles. The van der Waals surface area contributed by atoms with E-state index in [1.807, 2.05) is 32.1 Å². The monoisotopic (exact) mass is 331 g/mol. The van der Waals surface area contributed by atoms with Gasteiger partial charge in [-0.3, -0.25) is 9.59 Å². The maximum Gasteiger partial charge on any atom is 0.312 e. The van der Waals surface area contributed by atoms with E-state index in [-0.39, 0.29) is 23.9 Å². The van der Waals surface area contributed by atoms with Crippen molar-refractivity contribution in [1.82, 2.24) is 4.90 Å². The number of carbonyl (C=O) groups excluding carboxylic acids is 2. The van der Waals surface area contributed by atoms with E-state index in [2.05, 4.69) is 0 Å². The van der Waals surface area contributed by atoms with Gasteiger partial charge in [-0.15, -0.1) is 0 Å². The number of hydrogen-bond acceptors (Lipinski definition) is 5. The number of amides is 1. The van der Waals surface area contributed by atoms with Gasteiger partial charge in [0.1, 0.15) is 17.3 Å². The molecule has 0 N–H and O–H groups in total. The number of ether oxygens (including phenoxy) is 2. The van der Waals surface area contributed by atoms with Crippen molar-refractivity contribution in [2.45, 2.75) is 32.1 Å². The number of nitrogens with zero attached hydrogens (tertiary/aromatic N) is 1. The Balaban J connectivity index is 1.54. The highest BCUT2D eigenvalue weighted by Crippen LogP contribution is 2.52. The van der Waals surface area contributed by atoms with Crippen LogP contribution in [-0.2, 0) is 25.6 Å². The van der Waals surface area contributed by atoms with Crippen LogP contribution in [0.5, 0.6) is 0 Å². The summed E-state index contributed by atoms with van der Waals surface area (Å²) >= 11 is 0. The number of likely N-dealkylation sites (tertiary alicyclic amines) is 1. The summed E-state index contributed by atoms with van der Waals surface area (Å²) in [5.41, 5.74) is -0.699. The largest absolute Gasteiger partial charge is 0.467 e. The first-order valence-corrected chi connectivity index (χ1v) is 8.35. The molecule has 6 heteroatoms. The molecule has 1 amide bonds. The molecule has 1 spiro atoms. The summed E-state index contributed by atoms with van der Waals surface area (Å²) in [6.45, 7) is 5.16. The van der Waals surface area contributed by atoms with Crippen molar-refractivity contribution in [2.75, 3.05) is 13.2 Å². The zero-order valence-electron chi connectivity index (χ0n) is 13.8. The number of rotatable bonds is 5. The molecule has 0 radical (unpaired) electrons. The third-order valence-electron chi connectivity index (χ3n) is 4.94. The number of esters is 1. The lowest BCUT2D eigenvalue weighted by Gasteiger charge is -2.23. The van der Waals surface area contributed by atoms with Crippen molar-refractivity contribution in [2.24, 2.45) is 17.8 Å². The van der Waals surface area contributed by atoms with Crippen LogP contribution in [-0.4, -0.2) is 41.6 Å². The number of fused-ring (bicyclic) bond motifs is 1. The Morgan fingerprint density at radius 1 is 1.50 bits per heavy atom. The molecule has 3 aliphatic heterocycles. The van der Waals surface area contributed by atoms with Crippen molar-refractivity contribution in [3.63, 3.8) is 0 Å². The zero-order chi connectivity index (χ0) is 16.9. The first kappa shape index (κ1) is 15.4. The average molecular weight is 331 g/mol. The number of furan rings is 1. The summed E-state index contributed by atoms with van der Waals surface area (Å²) in [4.78, 5) is 27.1. The molecular weight excluding hydrogens is 310 g/mol. The lowest BCUT2D eigenvalue weighted by Crippen LogP contribution is -2.40. The van der Waals surface area contributed by atoms with E-state index in [1.54, 1.807) is 17.2 Å². The van der Waals surface area contributed by atoms with E-state index < -0.39 is 17.4 Å². The molecule has 6 nitrogen and oxygen atoms in total. The standard InChI is InChI=1S/C18H21NO5/c1-11(2)9-23-17(21)14-13-5-6-18(24-13)10-19(16(20)15(14)18)8-12-4-3-7-22-12/h3-7,11,13-15H,8-10H2,1-2H3/t13-,14+,15+,18+/m1/s1. The van der Waals surface area contributed by atoms with Gasteiger partial charge in [0.05, 0.1) is 38.0 Å². The first-order chi connectivity index (χ1) is 11.5. The lowest BCUT2D eigenvalue weighted by molar-refractivity contribution is -0.154. The maximum absolute atomic E-state index is 12.9. The summed E-state index contributed by atoms with van der Waals surface area (Å²) in [6.07, 6.45) is 5.06. The van der Waals surface area contributed by atoms with Gasteiger partial charge < -0.3 is 18.8 Å². The smallest absolute Gasteiger partial charge is 0.312 e. The summed E-state index contributed by atoms with van der Waals surface area (Å²) in [5, 5.41) is 0. The molecule has 4 rings (SSSR count). The van der Waals surface area contributed by atoms with Gasteiger partial charge >= 0.3 is 5.97 Å². The van der Waals surface area contributed by atoms with E-state index >= 15 is 0 Å². The Morgan fingerprint density at radius 3 is 3.04 bits per heavy atom. The molecular formula is C18H21NO5. The van der Waals surface area contributed by atoms with Crippen molar-refractivity contribution >= 4 is 11.9 Å². The minimum Gasteiger partial charge on any atom is -0.467 e. The highest BCUT2D eigenvalue weighted by atomic mass is 16.6. The van der Waals surface area contributed by atoms with E-state index in [0.717, 1.165) is 5.76 Å². The van der Waals surface area contributed by atoms with Crippen molar-refractivity contribution in [1.29, 1.82) is 0 Å². The maximum atomic E-state index is 12.9. The van der Waals surface area contributed by atoms with Gasteiger partial charge in [0, 0.05) is 0 Å². The van der Waals surface area contributed by atoms with Crippen LogP contribution in [0.25, 0.3) is 0 Å². The van der Waals surface area contributed by atoms with Crippen LogP contribution in [0.15, 0.2) is 35.0 Å². The summed E-state index contributed by atoms with van der Waals surface area (Å²) in [7, 11) is 0. The van der Waals surface area contributed by atoms with E-state index in [0.29, 0.717) is 19.7 Å².